The van der Waals surface area contributed by atoms with Crippen molar-refractivity contribution >= 4 is 5.97 Å². The molecular formula is C19H38O2. The van der Waals surface area contributed by atoms with Gasteiger partial charge in [-0.05, 0) is 18.8 Å². The Morgan fingerprint density at radius 3 is 1.62 bits per heavy atom. The fourth-order valence-electron chi connectivity index (χ4n) is 3.01. The van der Waals surface area contributed by atoms with Crippen molar-refractivity contribution in [3.8, 4) is 0 Å². The van der Waals surface area contributed by atoms with E-state index >= 15 is 0 Å². The average molecular weight is 299 g/mol. The molecule has 0 spiro atoms. The van der Waals surface area contributed by atoms with Crippen molar-refractivity contribution in [2.75, 3.05) is 0 Å². The van der Waals surface area contributed by atoms with E-state index in [1.807, 2.05) is 0 Å². The maximum atomic E-state index is 10.9. The molecule has 2 nitrogen and oxygen atoms in total. The number of hydrogen-bond donors (Lipinski definition) is 1. The largest absolute Gasteiger partial charge is 0.481 e. The minimum atomic E-state index is -0.622. The van der Waals surface area contributed by atoms with Crippen LogP contribution in [0.1, 0.15) is 110 Å². The van der Waals surface area contributed by atoms with Crippen LogP contribution >= 0.6 is 0 Å². The van der Waals surface area contributed by atoms with Gasteiger partial charge in [-0.15, -0.1) is 0 Å². The van der Waals surface area contributed by atoms with E-state index in [4.69, 9.17) is 5.11 Å². The molecule has 0 radical (unpaired) electrons. The smallest absolute Gasteiger partial charge is 0.303 e. The molecule has 0 saturated heterocycles. The molecule has 0 amide bonds. The molecule has 0 saturated carbocycles. The van der Waals surface area contributed by atoms with E-state index in [-0.39, 0.29) is 0 Å². The van der Waals surface area contributed by atoms with E-state index in [9.17, 15) is 4.79 Å². The van der Waals surface area contributed by atoms with Crippen LogP contribution in [0, 0.1) is 5.92 Å². The highest BCUT2D eigenvalue weighted by atomic mass is 16.4. The molecule has 0 aliphatic heterocycles. The second kappa shape index (κ2) is 15.9. The molecule has 0 bridgehead atoms. The van der Waals surface area contributed by atoms with E-state index < -0.39 is 5.97 Å². The molecule has 21 heavy (non-hydrogen) atoms. The van der Waals surface area contributed by atoms with Gasteiger partial charge in [0.1, 0.15) is 0 Å². The van der Waals surface area contributed by atoms with E-state index in [0.717, 1.165) is 12.8 Å². The fraction of sp³-hybridized carbons (Fsp3) is 0.947. The fourth-order valence-corrected chi connectivity index (χ4v) is 3.01. The Kier molecular flexibility index (Phi) is 15.5. The van der Waals surface area contributed by atoms with Gasteiger partial charge in [0.25, 0.3) is 0 Å². The molecule has 0 aliphatic carbocycles. The van der Waals surface area contributed by atoms with Gasteiger partial charge in [0, 0.05) is 6.42 Å². The lowest BCUT2D eigenvalue weighted by Crippen LogP contribution is -2.08. The molecule has 1 N–H and O–H groups in total. The number of hydrogen-bond acceptors (Lipinski definition) is 1. The quantitative estimate of drug-likeness (QED) is 0.327. The maximum Gasteiger partial charge on any atom is 0.303 e. The first-order chi connectivity index (χ1) is 10.2. The lowest BCUT2D eigenvalue weighted by Gasteiger charge is -2.14. The van der Waals surface area contributed by atoms with Crippen molar-refractivity contribution in [2.24, 2.45) is 5.92 Å². The summed E-state index contributed by atoms with van der Waals surface area (Å²) in [4.78, 5) is 10.9. The van der Waals surface area contributed by atoms with Crippen molar-refractivity contribution in [2.45, 2.75) is 110 Å². The van der Waals surface area contributed by atoms with Gasteiger partial charge in [0.15, 0.2) is 0 Å². The Morgan fingerprint density at radius 2 is 1.14 bits per heavy atom. The zero-order valence-electron chi connectivity index (χ0n) is 14.5. The summed E-state index contributed by atoms with van der Waals surface area (Å²) in [7, 11) is 0. The van der Waals surface area contributed by atoms with Crippen LogP contribution in [0.25, 0.3) is 0 Å². The average Bonchev–Trinajstić information content (AvgIpc) is 2.46. The number of rotatable bonds is 16. The third-order valence-electron chi connectivity index (χ3n) is 4.40. The molecule has 0 rings (SSSR count). The van der Waals surface area contributed by atoms with Crippen molar-refractivity contribution in [1.82, 2.24) is 0 Å². The highest BCUT2D eigenvalue weighted by molar-refractivity contribution is 5.66. The van der Waals surface area contributed by atoms with E-state index in [1.54, 1.807) is 0 Å². The molecule has 0 heterocycles. The van der Waals surface area contributed by atoms with Gasteiger partial charge in [0.05, 0.1) is 0 Å². The predicted molar refractivity (Wildman–Crippen MR) is 91.7 cm³/mol. The Labute approximate surface area is 132 Å². The molecule has 2 heteroatoms. The van der Waals surface area contributed by atoms with Gasteiger partial charge in [-0.1, -0.05) is 90.9 Å². The van der Waals surface area contributed by atoms with E-state index in [0.29, 0.717) is 12.3 Å². The van der Waals surface area contributed by atoms with Gasteiger partial charge in [0.2, 0.25) is 0 Å². The van der Waals surface area contributed by atoms with Crippen LogP contribution in [0.3, 0.4) is 0 Å². The van der Waals surface area contributed by atoms with Crippen LogP contribution in [0.4, 0.5) is 0 Å². The summed E-state index contributed by atoms with van der Waals surface area (Å²) in [5, 5.41) is 8.94. The first kappa shape index (κ1) is 20.5. The van der Waals surface area contributed by atoms with Crippen molar-refractivity contribution in [3.63, 3.8) is 0 Å². The third-order valence-corrected chi connectivity index (χ3v) is 4.40. The highest BCUT2D eigenvalue weighted by Gasteiger charge is 2.12. The van der Waals surface area contributed by atoms with Gasteiger partial charge >= 0.3 is 5.97 Å². The highest BCUT2D eigenvalue weighted by Crippen LogP contribution is 2.21. The van der Waals surface area contributed by atoms with Crippen molar-refractivity contribution in [3.05, 3.63) is 0 Å². The van der Waals surface area contributed by atoms with E-state index in [1.165, 1.54) is 77.0 Å². The Bertz CT molecular complexity index is 226. The molecule has 0 aromatic carbocycles. The Morgan fingerprint density at radius 1 is 0.714 bits per heavy atom. The summed E-state index contributed by atoms with van der Waals surface area (Å²) in [6, 6.07) is 0. The van der Waals surface area contributed by atoms with Gasteiger partial charge in [-0.2, -0.15) is 0 Å². The van der Waals surface area contributed by atoms with Gasteiger partial charge < -0.3 is 5.11 Å². The van der Waals surface area contributed by atoms with Crippen LogP contribution in [0.2, 0.25) is 0 Å². The second-order valence-electron chi connectivity index (χ2n) is 6.58. The van der Waals surface area contributed by atoms with Crippen LogP contribution in [-0.2, 0) is 4.79 Å². The minimum Gasteiger partial charge on any atom is -0.481 e. The second-order valence-corrected chi connectivity index (χ2v) is 6.58. The number of carbonyl (C=O) groups is 1. The summed E-state index contributed by atoms with van der Waals surface area (Å²) in [6.07, 6.45) is 18.5. The zero-order chi connectivity index (χ0) is 15.8. The van der Waals surface area contributed by atoms with Crippen molar-refractivity contribution < 1.29 is 9.90 Å². The van der Waals surface area contributed by atoms with Crippen LogP contribution in [-0.4, -0.2) is 11.1 Å². The lowest BCUT2D eigenvalue weighted by molar-refractivity contribution is -0.138. The van der Waals surface area contributed by atoms with Crippen LogP contribution in [0.15, 0.2) is 0 Å². The standard InChI is InChI=1S/C19H38O2/c1-3-5-7-8-9-10-11-12-13-14-16-18(15-6-4-2)17-19(20)21/h18H,3-17H2,1-2H3,(H,20,21). The van der Waals surface area contributed by atoms with Gasteiger partial charge in [-0.25, -0.2) is 0 Å². The first-order valence-corrected chi connectivity index (χ1v) is 9.42. The van der Waals surface area contributed by atoms with Gasteiger partial charge in [-0.3, -0.25) is 4.79 Å². The van der Waals surface area contributed by atoms with Crippen LogP contribution in [0.5, 0.6) is 0 Å². The summed E-state index contributed by atoms with van der Waals surface area (Å²) in [5.74, 6) is -0.209. The first-order valence-electron chi connectivity index (χ1n) is 9.42. The monoisotopic (exact) mass is 298 g/mol. The van der Waals surface area contributed by atoms with Crippen molar-refractivity contribution in [1.29, 1.82) is 0 Å². The maximum absolute atomic E-state index is 10.9. The topological polar surface area (TPSA) is 37.3 Å². The number of carboxylic acids is 1. The number of aliphatic carboxylic acids is 1. The summed E-state index contributed by atoms with van der Waals surface area (Å²) in [6.45, 7) is 4.44. The molecule has 1 unspecified atom stereocenters. The lowest BCUT2D eigenvalue weighted by atomic mass is 9.92. The number of unbranched alkanes of at least 4 members (excludes halogenated alkanes) is 10. The molecule has 0 aliphatic rings. The Hall–Kier alpha value is -0.530. The third kappa shape index (κ3) is 15.7. The summed E-state index contributed by atoms with van der Waals surface area (Å²) >= 11 is 0. The SMILES string of the molecule is CCCCCCCCCCCCC(CCCC)CC(=O)O. The van der Waals surface area contributed by atoms with E-state index in [2.05, 4.69) is 13.8 Å². The zero-order valence-corrected chi connectivity index (χ0v) is 14.5. The normalized spacial score (nSPS) is 12.5. The summed E-state index contributed by atoms with van der Waals surface area (Å²) < 4.78 is 0. The van der Waals surface area contributed by atoms with Crippen LogP contribution < -0.4 is 0 Å². The molecule has 1 atom stereocenters. The minimum absolute atomic E-state index is 0.372. The molecule has 0 fully saturated rings. The molecule has 126 valence electrons. The Balaban J connectivity index is 3.42. The summed E-state index contributed by atoms with van der Waals surface area (Å²) in [5.41, 5.74) is 0. The number of carboxylic acid groups (broad SMARTS) is 1. The molecule has 0 aromatic rings. The molecule has 0 aromatic heterocycles. The molecular weight excluding hydrogens is 260 g/mol. The predicted octanol–water partition coefficient (Wildman–Crippen LogP) is 6.58.